The summed E-state index contributed by atoms with van der Waals surface area (Å²) in [4.78, 5) is 0. The smallest absolute Gasteiger partial charge is 0.143 e. The van der Waals surface area contributed by atoms with Gasteiger partial charge in [-0.15, -0.1) is 11.3 Å². The number of furan rings is 3. The summed E-state index contributed by atoms with van der Waals surface area (Å²) in [6, 6.07) is 154. The van der Waals surface area contributed by atoms with Gasteiger partial charge in [-0.1, -0.05) is 273 Å². The second-order valence-corrected chi connectivity index (χ2v) is 35.1. The molecule has 594 valence electrons. The van der Waals surface area contributed by atoms with Crippen molar-refractivity contribution in [2.24, 2.45) is 0 Å². The standard InChI is InChI=1S/C60H34N2O2.C60H36N2OS/c1-5-19-52-42(11-1)50-33-38(34-51-43-12-2-6-20-53(43)62(52)58(50)51)35-23-27-39(28-24-35)61-54-29-25-36(40-15-9-17-46-44-13-3-7-21-56(44)63-59(40)46)31-48(54)49-32-37(26-30-55(49)61)41-16-10-18-47-45-14-4-8-22-57(45)64-60(41)47;1-2-12-41(13-3-1)61-53-21-7-4-14-45(53)50-34-38(26-31-54(50)61)37-24-29-42(30-25-37)62-55-32-27-39(43-17-10-19-48-46-15-5-8-22-57(46)63-59(43)48)35-51(55)52-36-40(28-33-56(52)62)44-18-11-20-49-47-16-6-9-23-58(47)64-60(44)49/h1-34H;1-36H. The van der Waals surface area contributed by atoms with E-state index in [1.54, 1.807) is 0 Å². The maximum atomic E-state index is 6.56. The van der Waals surface area contributed by atoms with Crippen molar-refractivity contribution in [2.75, 3.05) is 0 Å². The Labute approximate surface area is 735 Å². The molecule has 0 aliphatic heterocycles. The lowest BCUT2D eigenvalue weighted by Gasteiger charge is -2.11. The lowest BCUT2D eigenvalue weighted by molar-refractivity contribution is 0.669. The molecule has 0 saturated heterocycles. The molecular formula is C120H70N4O3S. The second kappa shape index (κ2) is 27.4. The molecule has 9 aromatic heterocycles. The van der Waals surface area contributed by atoms with Crippen LogP contribution in [0.5, 0.6) is 0 Å². The van der Waals surface area contributed by atoms with Crippen molar-refractivity contribution >= 4 is 201 Å². The molecule has 0 aliphatic carbocycles. The van der Waals surface area contributed by atoms with E-state index in [1.807, 2.05) is 29.5 Å². The van der Waals surface area contributed by atoms with Gasteiger partial charge in [0, 0.05) is 140 Å². The number of benzene rings is 20. The molecule has 7 nitrogen and oxygen atoms in total. The molecule has 0 fully saturated rings. The summed E-state index contributed by atoms with van der Waals surface area (Å²) in [6.07, 6.45) is 0. The topological polar surface area (TPSA) is 58.6 Å². The highest BCUT2D eigenvalue weighted by molar-refractivity contribution is 7.26. The van der Waals surface area contributed by atoms with Gasteiger partial charge in [0.2, 0.25) is 0 Å². The fraction of sp³-hybridized carbons (Fsp3) is 0. The number of aromatic nitrogens is 4. The summed E-state index contributed by atoms with van der Waals surface area (Å²) in [5, 5.41) is 21.8. The Bertz CT molecular complexity index is 9300. The number of thiophene rings is 1. The molecule has 128 heavy (non-hydrogen) atoms. The number of rotatable bonds is 9. The first kappa shape index (κ1) is 70.7. The van der Waals surface area contributed by atoms with Gasteiger partial charge in [0.25, 0.3) is 0 Å². The van der Waals surface area contributed by atoms with Crippen LogP contribution in [0.1, 0.15) is 0 Å². The van der Waals surface area contributed by atoms with Crippen LogP contribution in [0.4, 0.5) is 0 Å². The van der Waals surface area contributed by atoms with Gasteiger partial charge in [-0.3, -0.25) is 0 Å². The Balaban J connectivity index is 0.000000129. The van der Waals surface area contributed by atoms with Gasteiger partial charge in [-0.2, -0.15) is 0 Å². The molecule has 9 heterocycles. The maximum absolute atomic E-state index is 6.56. The average Bonchev–Trinajstić information content (AvgIpc) is 1.54. The van der Waals surface area contributed by atoms with Gasteiger partial charge in [0.1, 0.15) is 33.5 Å². The first-order valence-electron chi connectivity index (χ1n) is 43.7. The van der Waals surface area contributed by atoms with Gasteiger partial charge in [-0.05, 0) is 202 Å². The van der Waals surface area contributed by atoms with Gasteiger partial charge in [0.05, 0.1) is 49.7 Å². The number of nitrogens with zero attached hydrogens (tertiary/aromatic N) is 4. The summed E-state index contributed by atoms with van der Waals surface area (Å²) < 4.78 is 32.0. The number of hydrogen-bond acceptors (Lipinski definition) is 4. The highest BCUT2D eigenvalue weighted by Crippen LogP contribution is 2.49. The minimum absolute atomic E-state index is 0.899. The Morgan fingerprint density at radius 3 is 0.922 bits per heavy atom. The summed E-state index contributed by atoms with van der Waals surface area (Å²) in [7, 11) is 0. The molecule has 0 saturated carbocycles. The van der Waals surface area contributed by atoms with Crippen LogP contribution in [0.3, 0.4) is 0 Å². The van der Waals surface area contributed by atoms with E-state index in [0.29, 0.717) is 0 Å². The molecule has 0 amide bonds. The first-order valence-corrected chi connectivity index (χ1v) is 44.5. The molecule has 29 rings (SSSR count). The molecule has 0 N–H and O–H groups in total. The largest absolute Gasteiger partial charge is 0.455 e. The highest BCUT2D eigenvalue weighted by Gasteiger charge is 2.26. The zero-order chi connectivity index (χ0) is 83.5. The Morgan fingerprint density at radius 1 is 0.172 bits per heavy atom. The second-order valence-electron chi connectivity index (χ2n) is 34.0. The van der Waals surface area contributed by atoms with E-state index < -0.39 is 0 Å². The molecule has 0 radical (unpaired) electrons. The van der Waals surface area contributed by atoms with Gasteiger partial charge in [0.15, 0.2) is 0 Å². The minimum atomic E-state index is 0.899. The first-order chi connectivity index (χ1) is 63.5. The predicted octanol–water partition coefficient (Wildman–Crippen LogP) is 33.9. The van der Waals surface area contributed by atoms with E-state index in [-0.39, 0.29) is 0 Å². The van der Waals surface area contributed by atoms with E-state index in [2.05, 4.69) is 425 Å². The van der Waals surface area contributed by atoms with Crippen LogP contribution in [-0.4, -0.2) is 18.1 Å². The minimum Gasteiger partial charge on any atom is -0.455 e. The van der Waals surface area contributed by atoms with Gasteiger partial charge in [-0.25, -0.2) is 0 Å². The van der Waals surface area contributed by atoms with E-state index >= 15 is 0 Å². The monoisotopic (exact) mass is 1650 g/mol. The van der Waals surface area contributed by atoms with Crippen LogP contribution < -0.4 is 0 Å². The third-order valence-corrected chi connectivity index (χ3v) is 28.4. The lowest BCUT2D eigenvalue weighted by Crippen LogP contribution is -1.94. The maximum Gasteiger partial charge on any atom is 0.143 e. The molecule has 0 bridgehead atoms. The van der Waals surface area contributed by atoms with Crippen molar-refractivity contribution < 1.29 is 13.3 Å². The zero-order valence-electron chi connectivity index (χ0n) is 68.8. The van der Waals surface area contributed by atoms with Crippen molar-refractivity contribution in [3.05, 3.63) is 425 Å². The number of fused-ring (bicyclic) bond motifs is 27. The van der Waals surface area contributed by atoms with Crippen LogP contribution in [0.25, 0.3) is 273 Å². The SMILES string of the molecule is c1ccc(-n2c3ccccc3c3cc(-c4ccc(-n5c6ccc(-c7cccc8c7oc7ccccc78)cc6c6cc(-c7cccc8c7sc7ccccc78)ccc65)cc4)ccc32)cc1.c1ccc2c(c1)oc1c(-c3ccc4c(c3)c3cc(-c5cccc6c5oc5ccccc56)ccc3n4-c3ccc(-c4cc5c6ccccc6n6c7ccccc7c(c4)c56)cc3)cccc12. The van der Waals surface area contributed by atoms with Crippen LogP contribution in [0.15, 0.2) is 438 Å². The summed E-state index contributed by atoms with van der Waals surface area (Å²) in [5.74, 6) is 0. The van der Waals surface area contributed by atoms with E-state index in [0.717, 1.165) is 127 Å². The summed E-state index contributed by atoms with van der Waals surface area (Å²) in [6.45, 7) is 0. The Kier molecular flexibility index (Phi) is 15.1. The number of hydrogen-bond donors (Lipinski definition) is 0. The normalized spacial score (nSPS) is 12.2. The van der Waals surface area contributed by atoms with Crippen LogP contribution in [0, 0.1) is 0 Å². The van der Waals surface area contributed by atoms with E-state index in [4.69, 9.17) is 13.3 Å². The lowest BCUT2D eigenvalue weighted by atomic mass is 9.98. The molecule has 8 heteroatoms. The van der Waals surface area contributed by atoms with Crippen LogP contribution >= 0.6 is 11.3 Å². The fourth-order valence-electron chi connectivity index (χ4n) is 21.4. The van der Waals surface area contributed by atoms with Gasteiger partial charge < -0.3 is 31.4 Å². The molecule has 0 spiro atoms. The fourth-order valence-corrected chi connectivity index (χ4v) is 22.6. The van der Waals surface area contributed by atoms with Crippen molar-refractivity contribution in [1.29, 1.82) is 0 Å². The van der Waals surface area contributed by atoms with Crippen molar-refractivity contribution in [2.45, 2.75) is 0 Å². The third-order valence-electron chi connectivity index (χ3n) is 27.2. The third kappa shape index (κ3) is 10.5. The van der Waals surface area contributed by atoms with E-state index in [1.165, 1.54) is 146 Å². The van der Waals surface area contributed by atoms with Crippen LogP contribution in [-0.2, 0) is 0 Å². The predicted molar refractivity (Wildman–Crippen MR) is 538 cm³/mol. The molecule has 0 atom stereocenters. The van der Waals surface area contributed by atoms with Crippen molar-refractivity contribution in [3.8, 4) is 83.8 Å². The Hall–Kier alpha value is -16.8. The quantitative estimate of drug-likeness (QED) is 0.145. The van der Waals surface area contributed by atoms with Crippen molar-refractivity contribution in [1.82, 2.24) is 18.1 Å². The molecule has 20 aromatic carbocycles. The highest BCUT2D eigenvalue weighted by atomic mass is 32.1. The van der Waals surface area contributed by atoms with Gasteiger partial charge >= 0.3 is 0 Å². The summed E-state index contributed by atoms with van der Waals surface area (Å²) >= 11 is 1.88. The molecule has 0 unspecified atom stereocenters. The summed E-state index contributed by atoms with van der Waals surface area (Å²) in [5.41, 5.74) is 33.5. The average molecular weight is 1650 g/mol. The molecule has 29 aromatic rings. The van der Waals surface area contributed by atoms with Crippen molar-refractivity contribution in [3.63, 3.8) is 0 Å². The molecular weight excluding hydrogens is 1580 g/mol. The Morgan fingerprint density at radius 2 is 0.469 bits per heavy atom. The zero-order valence-corrected chi connectivity index (χ0v) is 69.7. The van der Waals surface area contributed by atoms with E-state index in [9.17, 15) is 0 Å². The molecule has 0 aliphatic rings. The number of para-hydroxylation sites is 10. The van der Waals surface area contributed by atoms with Crippen LogP contribution in [0.2, 0.25) is 0 Å².